The van der Waals surface area contributed by atoms with Crippen molar-refractivity contribution in [3.8, 4) is 11.5 Å². The summed E-state index contributed by atoms with van der Waals surface area (Å²) in [4.78, 5) is 31.1. The van der Waals surface area contributed by atoms with Crippen LogP contribution in [-0.2, 0) is 9.59 Å². The maximum Gasteiger partial charge on any atom is 0.308 e. The molecule has 1 amide bonds. The number of benzene rings is 2. The molecule has 0 saturated heterocycles. The molecule has 0 aliphatic heterocycles. The van der Waals surface area contributed by atoms with Crippen LogP contribution in [0.1, 0.15) is 32.3 Å². The molecule has 30 heavy (non-hydrogen) atoms. The fourth-order valence-electron chi connectivity index (χ4n) is 3.00. The molecule has 0 aliphatic carbocycles. The number of anilines is 2. The molecule has 0 fully saturated rings. The van der Waals surface area contributed by atoms with Crippen LogP contribution in [-0.4, -0.2) is 35.5 Å². The number of rotatable bonds is 7. The Bertz CT molecular complexity index is 1070. The Morgan fingerprint density at radius 1 is 1.07 bits per heavy atom. The number of carbonyl (C=O) groups is 2. The number of methoxy groups -OCH3 is 1. The minimum absolute atomic E-state index is 0.0412. The van der Waals surface area contributed by atoms with Crippen LogP contribution in [0.25, 0.3) is 10.9 Å². The van der Waals surface area contributed by atoms with Crippen LogP contribution in [0.5, 0.6) is 11.5 Å². The topological polar surface area (TPSA) is 102 Å². The summed E-state index contributed by atoms with van der Waals surface area (Å²) in [6, 6.07) is 11.3. The number of hydrogen-bond acceptors (Lipinski definition) is 7. The highest BCUT2D eigenvalue weighted by Gasteiger charge is 2.13. The van der Waals surface area contributed by atoms with Gasteiger partial charge in [-0.3, -0.25) is 9.59 Å². The van der Waals surface area contributed by atoms with Crippen molar-refractivity contribution in [3.05, 3.63) is 48.3 Å². The number of nitrogens with zero attached hydrogens (tertiary/aromatic N) is 2. The van der Waals surface area contributed by atoms with Crippen LogP contribution in [0.3, 0.4) is 0 Å². The van der Waals surface area contributed by atoms with E-state index < -0.39 is 5.97 Å². The van der Waals surface area contributed by atoms with Crippen molar-refractivity contribution in [2.75, 3.05) is 19.0 Å². The smallest absolute Gasteiger partial charge is 0.308 e. The lowest BCUT2D eigenvalue weighted by atomic mass is 10.0. The Morgan fingerprint density at radius 2 is 1.80 bits per heavy atom. The highest BCUT2D eigenvalue weighted by molar-refractivity contribution is 5.93. The first-order valence-corrected chi connectivity index (χ1v) is 9.50. The van der Waals surface area contributed by atoms with Crippen molar-refractivity contribution in [1.82, 2.24) is 15.3 Å². The van der Waals surface area contributed by atoms with Crippen molar-refractivity contribution in [3.63, 3.8) is 0 Å². The lowest BCUT2D eigenvalue weighted by Crippen LogP contribution is -2.24. The number of hydrogen-bond donors (Lipinski definition) is 2. The van der Waals surface area contributed by atoms with Crippen LogP contribution in [0, 0.1) is 0 Å². The van der Waals surface area contributed by atoms with Crippen molar-refractivity contribution >= 4 is 34.3 Å². The molecule has 8 nitrogen and oxygen atoms in total. The molecule has 1 atom stereocenters. The summed E-state index contributed by atoms with van der Waals surface area (Å²) in [5.41, 5.74) is 2.61. The third kappa shape index (κ3) is 5.02. The minimum Gasteiger partial charge on any atom is -0.493 e. The Labute approximate surface area is 174 Å². The average Bonchev–Trinajstić information content (AvgIpc) is 2.72. The number of nitrogens with one attached hydrogen (secondary N) is 2. The first-order valence-electron chi connectivity index (χ1n) is 9.50. The normalized spacial score (nSPS) is 11.6. The number of amides is 1. The molecule has 0 unspecified atom stereocenters. The first kappa shape index (κ1) is 21.0. The number of ether oxygens (including phenoxy) is 2. The third-order valence-corrected chi connectivity index (χ3v) is 4.57. The van der Waals surface area contributed by atoms with Gasteiger partial charge in [0.25, 0.3) is 0 Å². The predicted octanol–water partition coefficient (Wildman–Crippen LogP) is 3.55. The third-order valence-electron chi connectivity index (χ3n) is 4.57. The van der Waals surface area contributed by atoms with Gasteiger partial charge in [0.2, 0.25) is 5.91 Å². The molecule has 0 radical (unpaired) electrons. The van der Waals surface area contributed by atoms with Gasteiger partial charge in [0, 0.05) is 37.5 Å². The van der Waals surface area contributed by atoms with E-state index >= 15 is 0 Å². The zero-order valence-electron chi connectivity index (χ0n) is 17.4. The fourth-order valence-corrected chi connectivity index (χ4v) is 3.00. The molecule has 0 aliphatic rings. The van der Waals surface area contributed by atoms with Gasteiger partial charge in [0.05, 0.1) is 12.6 Å². The maximum atomic E-state index is 11.4. The second-order valence-corrected chi connectivity index (χ2v) is 6.92. The zero-order valence-corrected chi connectivity index (χ0v) is 17.4. The summed E-state index contributed by atoms with van der Waals surface area (Å²) in [5.74, 6) is 1.01. The summed E-state index contributed by atoms with van der Waals surface area (Å²) >= 11 is 0. The minimum atomic E-state index is -0.442. The molecule has 3 rings (SSSR count). The second kappa shape index (κ2) is 9.21. The molecule has 156 valence electrons. The molecular weight excluding hydrogens is 384 g/mol. The Morgan fingerprint density at radius 3 is 2.43 bits per heavy atom. The van der Waals surface area contributed by atoms with Gasteiger partial charge in [-0.2, -0.15) is 0 Å². The van der Waals surface area contributed by atoms with E-state index in [0.29, 0.717) is 34.8 Å². The quantitative estimate of drug-likeness (QED) is 0.455. The van der Waals surface area contributed by atoms with E-state index in [1.54, 1.807) is 12.1 Å². The Kier molecular flexibility index (Phi) is 6.46. The zero-order chi connectivity index (χ0) is 21.7. The van der Waals surface area contributed by atoms with Crippen molar-refractivity contribution in [2.24, 2.45) is 0 Å². The number of esters is 1. The van der Waals surface area contributed by atoms with Crippen molar-refractivity contribution in [2.45, 2.75) is 26.7 Å². The number of fused-ring (bicyclic) bond motifs is 1. The van der Waals surface area contributed by atoms with E-state index in [4.69, 9.17) is 9.47 Å². The van der Waals surface area contributed by atoms with E-state index in [-0.39, 0.29) is 11.8 Å². The van der Waals surface area contributed by atoms with Crippen molar-refractivity contribution in [1.29, 1.82) is 0 Å². The molecule has 1 aromatic heterocycles. The van der Waals surface area contributed by atoms with Gasteiger partial charge in [-0.25, -0.2) is 9.97 Å². The molecule has 2 aromatic carbocycles. The average molecular weight is 408 g/mol. The highest BCUT2D eigenvalue weighted by Crippen LogP contribution is 2.35. The number of aromatic nitrogens is 2. The van der Waals surface area contributed by atoms with Crippen LogP contribution in [0.4, 0.5) is 11.5 Å². The molecule has 2 N–H and O–H groups in total. The van der Waals surface area contributed by atoms with Gasteiger partial charge in [-0.15, -0.1) is 0 Å². The largest absolute Gasteiger partial charge is 0.493 e. The van der Waals surface area contributed by atoms with E-state index in [2.05, 4.69) is 27.5 Å². The summed E-state index contributed by atoms with van der Waals surface area (Å²) in [5, 5.41) is 6.80. The summed E-state index contributed by atoms with van der Waals surface area (Å²) < 4.78 is 10.6. The predicted molar refractivity (Wildman–Crippen MR) is 114 cm³/mol. The number of carbonyl (C=O) groups excluding carboxylic acids is 2. The summed E-state index contributed by atoms with van der Waals surface area (Å²) in [6.07, 6.45) is 1.46. The van der Waals surface area contributed by atoms with E-state index in [9.17, 15) is 9.59 Å². The van der Waals surface area contributed by atoms with Crippen LogP contribution in [0.15, 0.2) is 42.7 Å². The monoisotopic (exact) mass is 408 g/mol. The molecule has 1 heterocycles. The van der Waals surface area contributed by atoms with Gasteiger partial charge in [0.15, 0.2) is 11.5 Å². The van der Waals surface area contributed by atoms with Crippen LogP contribution in [0.2, 0.25) is 0 Å². The Hall–Kier alpha value is -3.68. The highest BCUT2D eigenvalue weighted by atomic mass is 16.6. The van der Waals surface area contributed by atoms with E-state index in [0.717, 1.165) is 11.3 Å². The molecule has 0 bridgehead atoms. The first-order chi connectivity index (χ1) is 14.4. The van der Waals surface area contributed by atoms with Crippen LogP contribution < -0.4 is 20.1 Å². The molecule has 0 spiro atoms. The second-order valence-electron chi connectivity index (χ2n) is 6.92. The lowest BCUT2D eigenvalue weighted by molar-refractivity contribution is -0.132. The van der Waals surface area contributed by atoms with Gasteiger partial charge in [0.1, 0.15) is 12.1 Å². The fraction of sp³-hybridized carbons (Fsp3) is 0.273. The van der Waals surface area contributed by atoms with E-state index in [1.165, 1.54) is 27.3 Å². The van der Waals surface area contributed by atoms with Crippen LogP contribution >= 0.6 is 0 Å². The molecule has 0 saturated carbocycles. The summed E-state index contributed by atoms with van der Waals surface area (Å²) in [6.45, 7) is 5.48. The molecule has 3 aromatic rings. The summed E-state index contributed by atoms with van der Waals surface area (Å²) in [7, 11) is 1.50. The van der Waals surface area contributed by atoms with E-state index in [1.807, 2.05) is 24.3 Å². The van der Waals surface area contributed by atoms with Gasteiger partial charge < -0.3 is 20.1 Å². The van der Waals surface area contributed by atoms with Gasteiger partial charge >= 0.3 is 5.97 Å². The Balaban J connectivity index is 1.86. The standard InChI is InChI=1S/C22H24N4O4/c1-13(11-23-14(2)27)16-5-7-17(8-6-16)26-22-18-9-21(30-15(3)28)20(29-4)10-19(18)24-12-25-22/h5-10,12-13H,11H2,1-4H3,(H,23,27)(H,24,25,26)/t13-/m1/s1. The van der Waals surface area contributed by atoms with Gasteiger partial charge in [-0.1, -0.05) is 19.1 Å². The SMILES string of the molecule is COc1cc2ncnc(Nc3ccc([C@H](C)CNC(C)=O)cc3)c2cc1OC(C)=O. The molecular formula is C22H24N4O4. The van der Waals surface area contributed by atoms with Gasteiger partial charge in [-0.05, 0) is 29.7 Å². The molecule has 8 heteroatoms. The van der Waals surface area contributed by atoms with Crippen molar-refractivity contribution < 1.29 is 19.1 Å². The lowest BCUT2D eigenvalue weighted by Gasteiger charge is -2.14. The maximum absolute atomic E-state index is 11.4.